The molecule has 2 aromatic rings. The Morgan fingerprint density at radius 2 is 1.97 bits per heavy atom. The van der Waals surface area contributed by atoms with E-state index < -0.39 is 56.4 Å². The van der Waals surface area contributed by atoms with Crippen LogP contribution in [0.4, 0.5) is 20.2 Å². The topological polar surface area (TPSA) is 136 Å². The number of aromatic carboxylic acids is 1. The van der Waals surface area contributed by atoms with Crippen molar-refractivity contribution in [1.29, 1.82) is 0 Å². The van der Waals surface area contributed by atoms with Gasteiger partial charge in [-0.05, 0) is 33.6 Å². The second-order valence-corrected chi connectivity index (χ2v) is 10.3. The van der Waals surface area contributed by atoms with Gasteiger partial charge in [0.1, 0.15) is 16.9 Å². The predicted molar refractivity (Wildman–Crippen MR) is 125 cm³/mol. The van der Waals surface area contributed by atoms with Gasteiger partial charge in [-0.2, -0.15) is 0 Å². The zero-order valence-corrected chi connectivity index (χ0v) is 19.6. The number of carboxylic acid groups (broad SMARTS) is 1. The molecule has 11 heteroatoms. The number of fused-ring (bicyclic) bond motifs is 1. The SMILES string of the molecule is CC(C)(C)O/N=C1\CN(c2c(F)c(N)c3c(=O)c(C(=O)O)cn(C4CC4)c3c2F)CC1(C)CN. The highest BCUT2D eigenvalue weighted by atomic mass is 19.1. The van der Waals surface area contributed by atoms with Crippen LogP contribution >= 0.6 is 0 Å². The van der Waals surface area contributed by atoms with E-state index in [1.54, 1.807) is 0 Å². The van der Waals surface area contributed by atoms with Crippen LogP contribution in [0.3, 0.4) is 0 Å². The maximum atomic E-state index is 16.0. The first-order valence-corrected chi connectivity index (χ1v) is 11.1. The first kappa shape index (κ1) is 23.9. The minimum absolute atomic E-state index is 0.0451. The largest absolute Gasteiger partial charge is 0.477 e. The highest BCUT2D eigenvalue weighted by Gasteiger charge is 2.43. The molecule has 1 aliphatic heterocycles. The Kier molecular flexibility index (Phi) is 5.58. The highest BCUT2D eigenvalue weighted by Crippen LogP contribution is 2.43. The quantitative estimate of drug-likeness (QED) is 0.445. The number of rotatable bonds is 5. The van der Waals surface area contributed by atoms with Crippen molar-refractivity contribution in [3.63, 3.8) is 0 Å². The maximum absolute atomic E-state index is 16.0. The lowest BCUT2D eigenvalue weighted by Gasteiger charge is -2.25. The van der Waals surface area contributed by atoms with Crippen LogP contribution in [0.5, 0.6) is 0 Å². The fourth-order valence-corrected chi connectivity index (χ4v) is 4.23. The van der Waals surface area contributed by atoms with Gasteiger partial charge in [-0.1, -0.05) is 12.1 Å². The van der Waals surface area contributed by atoms with Crippen LogP contribution in [-0.2, 0) is 4.84 Å². The number of hydrogen-bond donors (Lipinski definition) is 3. The lowest BCUT2D eigenvalue weighted by molar-refractivity contribution is -0.000439. The third kappa shape index (κ3) is 3.87. The molecule has 1 aromatic carbocycles. The molecule has 1 saturated carbocycles. The molecule has 184 valence electrons. The van der Waals surface area contributed by atoms with Gasteiger partial charge in [-0.15, -0.1) is 0 Å². The van der Waals surface area contributed by atoms with Crippen molar-refractivity contribution >= 4 is 34.0 Å². The number of nitrogens with zero attached hydrogens (tertiary/aromatic N) is 3. The van der Waals surface area contributed by atoms with Crippen LogP contribution in [0.1, 0.15) is 56.9 Å². The third-order valence-corrected chi connectivity index (χ3v) is 6.31. The standard InChI is InChI=1S/C23H29F2N5O4/c1-22(2,3)34-28-13-8-29(10-23(13,4)9-26)19-15(24)17(27)14-18(16(19)25)30(11-5-6-11)7-12(20(14)31)21(32)33/h7,11H,5-6,8-10,26-27H2,1-4H3,(H,32,33)/b28-13+. The van der Waals surface area contributed by atoms with E-state index in [2.05, 4.69) is 5.16 Å². The molecular weight excluding hydrogens is 448 g/mol. The van der Waals surface area contributed by atoms with E-state index in [0.717, 1.165) is 6.20 Å². The summed E-state index contributed by atoms with van der Waals surface area (Å²) in [5, 5.41) is 13.2. The maximum Gasteiger partial charge on any atom is 0.341 e. The number of aromatic nitrogens is 1. The van der Waals surface area contributed by atoms with Crippen molar-refractivity contribution in [1.82, 2.24) is 4.57 Å². The predicted octanol–water partition coefficient (Wildman–Crippen LogP) is 2.85. The van der Waals surface area contributed by atoms with Gasteiger partial charge in [0, 0.05) is 30.7 Å². The smallest absolute Gasteiger partial charge is 0.341 e. The summed E-state index contributed by atoms with van der Waals surface area (Å²) < 4.78 is 33.0. The van der Waals surface area contributed by atoms with Gasteiger partial charge < -0.3 is 30.9 Å². The van der Waals surface area contributed by atoms with E-state index >= 15 is 8.78 Å². The number of pyridine rings is 1. The molecule has 0 spiro atoms. The van der Waals surface area contributed by atoms with E-state index in [0.29, 0.717) is 18.6 Å². The summed E-state index contributed by atoms with van der Waals surface area (Å²) in [5.41, 5.74) is 8.48. The zero-order chi connectivity index (χ0) is 25.2. The molecular formula is C23H29F2N5O4. The Morgan fingerprint density at radius 3 is 2.50 bits per heavy atom. The van der Waals surface area contributed by atoms with Crippen LogP contribution in [0, 0.1) is 17.0 Å². The first-order valence-electron chi connectivity index (χ1n) is 11.1. The van der Waals surface area contributed by atoms with Crippen molar-refractivity contribution < 1.29 is 23.5 Å². The van der Waals surface area contributed by atoms with Crippen LogP contribution in [0.2, 0.25) is 0 Å². The Bertz CT molecular complexity index is 1280. The van der Waals surface area contributed by atoms with Crippen molar-refractivity contribution in [3.8, 4) is 0 Å². The number of nitrogen functional groups attached to an aromatic ring is 1. The average Bonchev–Trinajstić information content (AvgIpc) is 3.53. The third-order valence-electron chi connectivity index (χ3n) is 6.31. The van der Waals surface area contributed by atoms with E-state index in [1.807, 2.05) is 27.7 Å². The van der Waals surface area contributed by atoms with Crippen molar-refractivity contribution in [2.24, 2.45) is 16.3 Å². The second-order valence-electron chi connectivity index (χ2n) is 10.3. The number of halogens is 2. The summed E-state index contributed by atoms with van der Waals surface area (Å²) in [5.74, 6) is -3.58. The van der Waals surface area contributed by atoms with Crippen LogP contribution in [-0.4, -0.2) is 46.6 Å². The summed E-state index contributed by atoms with van der Waals surface area (Å²) in [6.45, 7) is 7.67. The van der Waals surface area contributed by atoms with Gasteiger partial charge in [0.2, 0.25) is 5.43 Å². The molecule has 0 amide bonds. The number of carbonyl (C=O) groups is 1. The molecule has 1 saturated heterocycles. The van der Waals surface area contributed by atoms with Crippen molar-refractivity contribution in [2.45, 2.75) is 52.2 Å². The molecule has 9 nitrogen and oxygen atoms in total. The van der Waals surface area contributed by atoms with E-state index in [-0.39, 0.29) is 31.2 Å². The minimum atomic E-state index is -1.48. The number of anilines is 2. The van der Waals surface area contributed by atoms with E-state index in [4.69, 9.17) is 16.3 Å². The van der Waals surface area contributed by atoms with Gasteiger partial charge in [-0.25, -0.2) is 13.6 Å². The molecule has 1 aliphatic carbocycles. The molecule has 2 fully saturated rings. The van der Waals surface area contributed by atoms with Crippen LogP contribution < -0.4 is 21.8 Å². The average molecular weight is 478 g/mol. The molecule has 34 heavy (non-hydrogen) atoms. The monoisotopic (exact) mass is 477 g/mol. The van der Waals surface area contributed by atoms with E-state index in [1.165, 1.54) is 9.47 Å². The number of benzene rings is 1. The van der Waals surface area contributed by atoms with Gasteiger partial charge in [0.15, 0.2) is 11.6 Å². The van der Waals surface area contributed by atoms with Gasteiger partial charge in [-0.3, -0.25) is 4.79 Å². The molecule has 2 aliphatic rings. The fourth-order valence-electron chi connectivity index (χ4n) is 4.23. The molecule has 1 atom stereocenters. The first-order chi connectivity index (χ1) is 15.8. The molecule has 0 bridgehead atoms. The number of nitrogens with two attached hydrogens (primary N) is 2. The second kappa shape index (κ2) is 7.93. The summed E-state index contributed by atoms with van der Waals surface area (Å²) in [7, 11) is 0. The molecule has 2 heterocycles. The molecule has 0 radical (unpaired) electrons. The minimum Gasteiger partial charge on any atom is -0.477 e. The number of hydrogen-bond acceptors (Lipinski definition) is 7. The Hall–Kier alpha value is -3.21. The highest BCUT2D eigenvalue weighted by molar-refractivity contribution is 6.02. The molecule has 1 unspecified atom stereocenters. The number of carboxylic acids is 1. The van der Waals surface area contributed by atoms with Crippen molar-refractivity contribution in [3.05, 3.63) is 33.6 Å². The van der Waals surface area contributed by atoms with Gasteiger partial charge in [0.25, 0.3) is 0 Å². The van der Waals surface area contributed by atoms with Crippen LogP contribution in [0.15, 0.2) is 16.1 Å². The van der Waals surface area contributed by atoms with Gasteiger partial charge >= 0.3 is 5.97 Å². The molecule has 4 rings (SSSR count). The Balaban J connectivity index is 1.93. The van der Waals surface area contributed by atoms with Crippen molar-refractivity contribution in [2.75, 3.05) is 30.3 Å². The lowest BCUT2D eigenvalue weighted by atomic mass is 9.88. The normalized spacial score (nSPS) is 22.1. The molecule has 5 N–H and O–H groups in total. The van der Waals surface area contributed by atoms with Gasteiger partial charge in [0.05, 0.1) is 28.8 Å². The summed E-state index contributed by atoms with van der Waals surface area (Å²) in [6, 6.07) is -0.196. The summed E-state index contributed by atoms with van der Waals surface area (Å²) in [6.07, 6.45) is 2.48. The van der Waals surface area contributed by atoms with E-state index in [9.17, 15) is 14.7 Å². The summed E-state index contributed by atoms with van der Waals surface area (Å²) >= 11 is 0. The Morgan fingerprint density at radius 1 is 1.32 bits per heavy atom. The zero-order valence-electron chi connectivity index (χ0n) is 19.6. The summed E-state index contributed by atoms with van der Waals surface area (Å²) in [4.78, 5) is 31.4. The lowest BCUT2D eigenvalue weighted by Crippen LogP contribution is -2.36. The van der Waals surface area contributed by atoms with Crippen LogP contribution in [0.25, 0.3) is 10.9 Å². The number of oxime groups is 1. The Labute approximate surface area is 194 Å². The molecule has 1 aromatic heterocycles. The fraction of sp³-hybridized carbons (Fsp3) is 0.522.